The van der Waals surface area contributed by atoms with E-state index in [4.69, 9.17) is 11.6 Å². The quantitative estimate of drug-likeness (QED) is 0.800. The summed E-state index contributed by atoms with van der Waals surface area (Å²) in [6, 6.07) is 0. The first-order chi connectivity index (χ1) is 8.50. The summed E-state index contributed by atoms with van der Waals surface area (Å²) in [5.41, 5.74) is 1.29. The predicted molar refractivity (Wildman–Crippen MR) is 80.1 cm³/mol. The van der Waals surface area contributed by atoms with Crippen LogP contribution in [0.3, 0.4) is 0 Å². The Balaban J connectivity index is 2.38. The minimum Gasteiger partial charge on any atom is -0.359 e. The third-order valence-corrected chi connectivity index (χ3v) is 4.50. The summed E-state index contributed by atoms with van der Waals surface area (Å²) in [6.45, 7) is 7.20. The Labute approximate surface area is 117 Å². The molecule has 0 aliphatic carbocycles. The molecule has 0 aliphatic heterocycles. The summed E-state index contributed by atoms with van der Waals surface area (Å²) in [7, 11) is 2.06. The number of hydrogen-bond acceptors (Lipinski definition) is 4. The number of anilines is 1. The van der Waals surface area contributed by atoms with E-state index in [1.165, 1.54) is 15.8 Å². The van der Waals surface area contributed by atoms with Gasteiger partial charge in [0.25, 0.3) is 0 Å². The van der Waals surface area contributed by atoms with Gasteiger partial charge in [0.2, 0.25) is 0 Å². The van der Waals surface area contributed by atoms with Crippen LogP contribution < -0.4 is 4.90 Å². The van der Waals surface area contributed by atoms with E-state index >= 15 is 0 Å². The van der Waals surface area contributed by atoms with Gasteiger partial charge in [-0.15, -0.1) is 22.9 Å². The van der Waals surface area contributed by atoms with Crippen LogP contribution in [-0.2, 0) is 0 Å². The standard InChI is InChI=1S/C13H18ClN3S/c1-8(14)5-6-17(4)12-11-9(2)10(3)18-13(11)16-7-15-12/h7-8H,5-6H2,1-4H3. The van der Waals surface area contributed by atoms with Gasteiger partial charge < -0.3 is 4.90 Å². The van der Waals surface area contributed by atoms with Crippen molar-refractivity contribution in [2.24, 2.45) is 0 Å². The molecular formula is C13H18ClN3S. The van der Waals surface area contributed by atoms with E-state index in [1.54, 1.807) is 17.7 Å². The molecule has 0 bridgehead atoms. The van der Waals surface area contributed by atoms with Crippen LogP contribution in [0.5, 0.6) is 0 Å². The SMILES string of the molecule is Cc1sc2ncnc(N(C)CCC(C)Cl)c2c1C. The Hall–Kier alpha value is -0.870. The summed E-state index contributed by atoms with van der Waals surface area (Å²) < 4.78 is 0. The van der Waals surface area contributed by atoms with Crippen molar-refractivity contribution >= 4 is 39.0 Å². The fourth-order valence-corrected chi connectivity index (χ4v) is 3.02. The number of aryl methyl sites for hydroxylation is 2. The van der Waals surface area contributed by atoms with Crippen molar-refractivity contribution in [3.05, 3.63) is 16.8 Å². The second kappa shape index (κ2) is 5.41. The number of hydrogen-bond donors (Lipinski definition) is 0. The molecular weight excluding hydrogens is 266 g/mol. The molecule has 2 aromatic heterocycles. The summed E-state index contributed by atoms with van der Waals surface area (Å²) in [6.07, 6.45) is 2.60. The van der Waals surface area contributed by atoms with Gasteiger partial charge >= 0.3 is 0 Å². The Bertz CT molecular complexity index is 550. The number of nitrogens with zero attached hydrogens (tertiary/aromatic N) is 3. The molecule has 0 saturated carbocycles. The van der Waals surface area contributed by atoms with Crippen LogP contribution in [0, 0.1) is 13.8 Å². The van der Waals surface area contributed by atoms with Gasteiger partial charge in [0.1, 0.15) is 17.0 Å². The maximum atomic E-state index is 6.01. The molecule has 0 aromatic carbocycles. The first kappa shape index (κ1) is 13.6. The molecule has 0 spiro atoms. The number of fused-ring (bicyclic) bond motifs is 1. The molecule has 0 aliphatic rings. The number of thiophene rings is 1. The Morgan fingerprint density at radius 1 is 1.39 bits per heavy atom. The zero-order chi connectivity index (χ0) is 13.3. The monoisotopic (exact) mass is 283 g/mol. The van der Waals surface area contributed by atoms with Crippen LogP contribution in [0.25, 0.3) is 10.2 Å². The molecule has 0 fully saturated rings. The van der Waals surface area contributed by atoms with Crippen molar-refractivity contribution in [1.82, 2.24) is 9.97 Å². The highest BCUT2D eigenvalue weighted by atomic mass is 35.5. The highest BCUT2D eigenvalue weighted by molar-refractivity contribution is 7.18. The van der Waals surface area contributed by atoms with Gasteiger partial charge in [-0.05, 0) is 32.8 Å². The second-order valence-electron chi connectivity index (χ2n) is 4.65. The fourth-order valence-electron chi connectivity index (χ4n) is 1.93. The predicted octanol–water partition coefficient (Wildman–Crippen LogP) is 3.76. The average molecular weight is 284 g/mol. The minimum absolute atomic E-state index is 0.190. The topological polar surface area (TPSA) is 29.0 Å². The molecule has 3 nitrogen and oxygen atoms in total. The van der Waals surface area contributed by atoms with Crippen molar-refractivity contribution in [1.29, 1.82) is 0 Å². The lowest BCUT2D eigenvalue weighted by molar-refractivity contribution is 0.767. The van der Waals surface area contributed by atoms with E-state index in [0.717, 1.165) is 23.6 Å². The number of rotatable bonds is 4. The molecule has 2 rings (SSSR count). The molecule has 18 heavy (non-hydrogen) atoms. The van der Waals surface area contributed by atoms with Crippen molar-refractivity contribution in [2.75, 3.05) is 18.5 Å². The summed E-state index contributed by atoms with van der Waals surface area (Å²) >= 11 is 7.74. The second-order valence-corrected chi connectivity index (χ2v) is 6.60. The first-order valence-corrected chi connectivity index (χ1v) is 7.32. The molecule has 5 heteroatoms. The van der Waals surface area contributed by atoms with E-state index < -0.39 is 0 Å². The van der Waals surface area contributed by atoms with Crippen LogP contribution in [0.1, 0.15) is 23.8 Å². The van der Waals surface area contributed by atoms with Crippen LogP contribution in [-0.4, -0.2) is 28.9 Å². The molecule has 0 N–H and O–H groups in total. The number of aromatic nitrogens is 2. The van der Waals surface area contributed by atoms with Gasteiger partial charge in [0.15, 0.2) is 0 Å². The lowest BCUT2D eigenvalue weighted by atomic mass is 10.2. The molecule has 2 aromatic rings. The van der Waals surface area contributed by atoms with Crippen molar-refractivity contribution < 1.29 is 0 Å². The third-order valence-electron chi connectivity index (χ3n) is 3.17. The van der Waals surface area contributed by atoms with Gasteiger partial charge in [0, 0.05) is 23.8 Å². The van der Waals surface area contributed by atoms with Gasteiger partial charge in [0.05, 0.1) is 5.39 Å². The van der Waals surface area contributed by atoms with Gasteiger partial charge in [-0.2, -0.15) is 0 Å². The van der Waals surface area contributed by atoms with Crippen LogP contribution in [0.2, 0.25) is 0 Å². The molecule has 0 radical (unpaired) electrons. The fraction of sp³-hybridized carbons (Fsp3) is 0.538. The zero-order valence-electron chi connectivity index (χ0n) is 11.2. The molecule has 0 amide bonds. The molecule has 1 unspecified atom stereocenters. The maximum Gasteiger partial charge on any atom is 0.140 e. The van der Waals surface area contributed by atoms with Crippen LogP contribution in [0.15, 0.2) is 6.33 Å². The van der Waals surface area contributed by atoms with Gasteiger partial charge in [-0.3, -0.25) is 0 Å². The van der Waals surface area contributed by atoms with Crippen LogP contribution >= 0.6 is 22.9 Å². The lowest BCUT2D eigenvalue weighted by Gasteiger charge is -2.19. The minimum atomic E-state index is 0.190. The molecule has 1 atom stereocenters. The summed E-state index contributed by atoms with van der Waals surface area (Å²) in [4.78, 5) is 13.3. The van der Waals surface area contributed by atoms with Crippen molar-refractivity contribution in [3.8, 4) is 0 Å². The first-order valence-electron chi connectivity index (χ1n) is 6.06. The van der Waals surface area contributed by atoms with E-state index in [9.17, 15) is 0 Å². The Morgan fingerprint density at radius 3 is 2.78 bits per heavy atom. The maximum absolute atomic E-state index is 6.01. The highest BCUT2D eigenvalue weighted by Gasteiger charge is 2.14. The average Bonchev–Trinajstić information content (AvgIpc) is 2.62. The number of halogens is 1. The van der Waals surface area contributed by atoms with Gasteiger partial charge in [-0.1, -0.05) is 0 Å². The smallest absolute Gasteiger partial charge is 0.140 e. The van der Waals surface area contributed by atoms with Gasteiger partial charge in [-0.25, -0.2) is 9.97 Å². The number of alkyl halides is 1. The van der Waals surface area contributed by atoms with E-state index in [1.807, 2.05) is 6.92 Å². The van der Waals surface area contributed by atoms with E-state index in [-0.39, 0.29) is 5.38 Å². The molecule has 98 valence electrons. The molecule has 2 heterocycles. The normalized spacial score (nSPS) is 12.9. The Kier molecular flexibility index (Phi) is 4.07. The van der Waals surface area contributed by atoms with E-state index in [0.29, 0.717) is 0 Å². The summed E-state index contributed by atoms with van der Waals surface area (Å²) in [5.74, 6) is 1.01. The third kappa shape index (κ3) is 2.59. The van der Waals surface area contributed by atoms with Crippen molar-refractivity contribution in [2.45, 2.75) is 32.6 Å². The molecule has 0 saturated heterocycles. The lowest BCUT2D eigenvalue weighted by Crippen LogP contribution is -2.22. The highest BCUT2D eigenvalue weighted by Crippen LogP contribution is 2.33. The largest absolute Gasteiger partial charge is 0.359 e. The summed E-state index contributed by atoms with van der Waals surface area (Å²) in [5, 5.41) is 1.37. The van der Waals surface area contributed by atoms with Crippen LogP contribution in [0.4, 0.5) is 5.82 Å². The van der Waals surface area contributed by atoms with Crippen molar-refractivity contribution in [3.63, 3.8) is 0 Å². The Morgan fingerprint density at radius 2 is 2.11 bits per heavy atom. The zero-order valence-corrected chi connectivity index (χ0v) is 12.8. The van der Waals surface area contributed by atoms with E-state index in [2.05, 4.69) is 35.8 Å².